The van der Waals surface area contributed by atoms with Gasteiger partial charge in [0.05, 0.1) is 34.9 Å². The summed E-state index contributed by atoms with van der Waals surface area (Å²) in [6.07, 6.45) is 9.38. The number of fused-ring (bicyclic) bond motifs is 3. The minimum absolute atomic E-state index is 0.220. The van der Waals surface area contributed by atoms with Gasteiger partial charge in [0.2, 0.25) is 5.91 Å². The first kappa shape index (κ1) is 18.7. The van der Waals surface area contributed by atoms with Crippen LogP contribution in [0.5, 0.6) is 0 Å². The van der Waals surface area contributed by atoms with E-state index in [1.165, 1.54) is 18.6 Å². The Morgan fingerprint density at radius 2 is 2.10 bits per heavy atom. The fraction of sp³-hybridized carbons (Fsp3) is 0.435. The Morgan fingerprint density at radius 1 is 1.23 bits per heavy atom. The van der Waals surface area contributed by atoms with Crippen molar-refractivity contribution in [3.63, 3.8) is 0 Å². The average Bonchev–Trinajstić information content (AvgIpc) is 3.66. The van der Waals surface area contributed by atoms with Gasteiger partial charge in [0.25, 0.3) is 0 Å². The minimum atomic E-state index is -0.294. The van der Waals surface area contributed by atoms with Crippen molar-refractivity contribution in [1.82, 2.24) is 14.5 Å². The quantitative estimate of drug-likeness (QED) is 0.387. The smallest absolute Gasteiger partial charge is 0.238 e. The van der Waals surface area contributed by atoms with E-state index in [1.54, 1.807) is 6.20 Å². The van der Waals surface area contributed by atoms with Gasteiger partial charge < -0.3 is 9.47 Å². The molecule has 7 heteroatoms. The fourth-order valence-electron chi connectivity index (χ4n) is 4.69. The van der Waals surface area contributed by atoms with Crippen LogP contribution in [-0.2, 0) is 23.3 Å². The van der Waals surface area contributed by atoms with E-state index in [1.807, 2.05) is 29.3 Å². The number of anilines is 1. The number of carbonyl (C=O) groups excluding carboxylic acids is 1. The molecule has 1 aliphatic heterocycles. The van der Waals surface area contributed by atoms with Crippen LogP contribution in [0.15, 0.2) is 36.7 Å². The molecule has 30 heavy (non-hydrogen) atoms. The van der Waals surface area contributed by atoms with E-state index in [2.05, 4.69) is 32.4 Å². The summed E-state index contributed by atoms with van der Waals surface area (Å²) in [5.74, 6) is 1.39. The largest absolute Gasteiger partial charge is 0.342 e. The molecule has 2 aliphatic carbocycles. The van der Waals surface area contributed by atoms with Gasteiger partial charge in [0.15, 0.2) is 0 Å². The third-order valence-electron chi connectivity index (χ3n) is 6.54. The lowest BCUT2D eigenvalue weighted by Gasteiger charge is -2.19. The molecule has 154 valence electrons. The van der Waals surface area contributed by atoms with Crippen LogP contribution in [0.4, 0.5) is 5.69 Å². The zero-order chi connectivity index (χ0) is 20.3. The molecule has 3 aromatic rings. The van der Waals surface area contributed by atoms with Gasteiger partial charge in [-0.1, -0.05) is 11.6 Å². The summed E-state index contributed by atoms with van der Waals surface area (Å²) in [5, 5.41) is 1.38. The maximum Gasteiger partial charge on any atom is 0.238 e. The first-order valence-electron chi connectivity index (χ1n) is 10.7. The van der Waals surface area contributed by atoms with Crippen molar-refractivity contribution < 1.29 is 4.79 Å². The average molecular weight is 439 g/mol. The lowest BCUT2D eigenvalue weighted by molar-refractivity contribution is -0.120. The molecule has 6 rings (SSSR count). The number of carbonyl (C=O) groups is 1. The molecule has 0 N–H and O–H groups in total. The highest BCUT2D eigenvalue weighted by Crippen LogP contribution is 2.57. The summed E-state index contributed by atoms with van der Waals surface area (Å²) in [7, 11) is 0. The number of thioether (sulfide) groups is 1. The summed E-state index contributed by atoms with van der Waals surface area (Å²) in [4.78, 5) is 24.1. The fourth-order valence-corrected chi connectivity index (χ4v) is 5.94. The summed E-state index contributed by atoms with van der Waals surface area (Å²) < 4.78 is 2.33. The Balaban J connectivity index is 1.33. The van der Waals surface area contributed by atoms with E-state index in [9.17, 15) is 4.79 Å². The zero-order valence-corrected chi connectivity index (χ0v) is 18.3. The van der Waals surface area contributed by atoms with Crippen molar-refractivity contribution >= 4 is 46.0 Å². The molecule has 3 aliphatic rings. The number of pyridine rings is 2. The topological polar surface area (TPSA) is 51.0 Å². The number of amides is 1. The maximum atomic E-state index is 13.3. The van der Waals surface area contributed by atoms with Crippen LogP contribution >= 0.6 is 23.4 Å². The molecule has 0 saturated heterocycles. The predicted molar refractivity (Wildman–Crippen MR) is 121 cm³/mol. The zero-order valence-electron chi connectivity index (χ0n) is 16.7. The molecule has 4 heterocycles. The summed E-state index contributed by atoms with van der Waals surface area (Å²) in [6.45, 7) is 1.47. The van der Waals surface area contributed by atoms with E-state index in [4.69, 9.17) is 11.6 Å². The molecule has 0 radical (unpaired) electrons. The standard InChI is InChI=1S/C23H23ClN4OS/c24-21-5-4-19-18(26-21)12-15(27(19)10-1-11-30-16-2-3-16)14-28-20-13-25-9-6-17(20)23(7-8-23)22(28)29/h4-6,9,12-13,16H,1-3,7-8,10-11,14H2. The van der Waals surface area contributed by atoms with Crippen LogP contribution in [0.3, 0.4) is 0 Å². The highest BCUT2D eigenvalue weighted by Gasteiger charge is 2.59. The highest BCUT2D eigenvalue weighted by atomic mass is 35.5. The molecule has 5 nitrogen and oxygen atoms in total. The number of halogens is 1. The summed E-state index contributed by atoms with van der Waals surface area (Å²) in [6, 6.07) is 8.01. The molecule has 1 spiro atoms. The molecular weight excluding hydrogens is 416 g/mol. The van der Waals surface area contributed by atoms with Crippen molar-refractivity contribution in [2.75, 3.05) is 10.7 Å². The molecule has 0 bridgehead atoms. The molecule has 0 aromatic carbocycles. The van der Waals surface area contributed by atoms with Crippen LogP contribution in [0.2, 0.25) is 5.15 Å². The highest BCUT2D eigenvalue weighted by molar-refractivity contribution is 8.00. The number of aromatic nitrogens is 3. The van der Waals surface area contributed by atoms with E-state index in [0.29, 0.717) is 11.7 Å². The Morgan fingerprint density at radius 3 is 2.90 bits per heavy atom. The number of hydrogen-bond donors (Lipinski definition) is 0. The third kappa shape index (κ3) is 3.04. The van der Waals surface area contributed by atoms with Gasteiger partial charge >= 0.3 is 0 Å². The SMILES string of the molecule is O=C1N(Cc2cc3nc(Cl)ccc3n2CCCSC2CC2)c2cnccc2C12CC2. The van der Waals surface area contributed by atoms with Gasteiger partial charge in [-0.2, -0.15) is 11.8 Å². The van der Waals surface area contributed by atoms with Crippen LogP contribution in [0, 0.1) is 0 Å². The van der Waals surface area contributed by atoms with Gasteiger partial charge in [0, 0.05) is 23.7 Å². The van der Waals surface area contributed by atoms with E-state index < -0.39 is 0 Å². The van der Waals surface area contributed by atoms with E-state index >= 15 is 0 Å². The van der Waals surface area contributed by atoms with Crippen molar-refractivity contribution in [3.8, 4) is 0 Å². The van der Waals surface area contributed by atoms with Crippen molar-refractivity contribution in [3.05, 3.63) is 53.1 Å². The van der Waals surface area contributed by atoms with Gasteiger partial charge in [0.1, 0.15) is 5.15 Å². The Kier molecular flexibility index (Phi) is 4.36. The molecular formula is C23H23ClN4OS. The lowest BCUT2D eigenvalue weighted by Crippen LogP contribution is -2.32. The number of aryl methyl sites for hydroxylation is 1. The Labute approximate surface area is 184 Å². The van der Waals surface area contributed by atoms with Crippen molar-refractivity contribution in [1.29, 1.82) is 0 Å². The van der Waals surface area contributed by atoms with Crippen LogP contribution < -0.4 is 4.90 Å². The van der Waals surface area contributed by atoms with Crippen molar-refractivity contribution in [2.45, 2.75) is 55.9 Å². The molecule has 3 aromatic heterocycles. The van der Waals surface area contributed by atoms with Gasteiger partial charge in [-0.05, 0) is 67.7 Å². The second-order valence-corrected chi connectivity index (χ2v) is 10.4. The Bertz CT molecular complexity index is 1150. The summed E-state index contributed by atoms with van der Waals surface area (Å²) in [5.41, 5.74) is 4.91. The van der Waals surface area contributed by atoms with E-state index in [-0.39, 0.29) is 11.3 Å². The molecule has 2 saturated carbocycles. The van der Waals surface area contributed by atoms with Crippen LogP contribution in [0.25, 0.3) is 11.0 Å². The molecule has 0 atom stereocenters. The van der Waals surface area contributed by atoms with Crippen LogP contribution in [-0.4, -0.2) is 31.4 Å². The lowest BCUT2D eigenvalue weighted by atomic mass is 9.99. The van der Waals surface area contributed by atoms with E-state index in [0.717, 1.165) is 59.0 Å². The number of nitrogens with zero attached hydrogens (tertiary/aromatic N) is 4. The number of hydrogen-bond acceptors (Lipinski definition) is 4. The Hall–Kier alpha value is -2.05. The molecule has 0 unspecified atom stereocenters. The van der Waals surface area contributed by atoms with Gasteiger partial charge in [-0.15, -0.1) is 0 Å². The minimum Gasteiger partial charge on any atom is -0.342 e. The molecule has 2 fully saturated rings. The second-order valence-electron chi connectivity index (χ2n) is 8.62. The van der Waals surface area contributed by atoms with Gasteiger partial charge in [-0.3, -0.25) is 9.78 Å². The predicted octanol–water partition coefficient (Wildman–Crippen LogP) is 4.95. The number of rotatable bonds is 7. The summed E-state index contributed by atoms with van der Waals surface area (Å²) >= 11 is 8.25. The third-order valence-corrected chi connectivity index (χ3v) is 8.22. The maximum absolute atomic E-state index is 13.3. The monoisotopic (exact) mass is 438 g/mol. The van der Waals surface area contributed by atoms with Crippen LogP contribution in [0.1, 0.15) is 43.4 Å². The van der Waals surface area contributed by atoms with Gasteiger partial charge in [-0.25, -0.2) is 4.98 Å². The first-order chi connectivity index (χ1) is 14.7. The normalized spacial score (nSPS) is 19.1. The second kappa shape index (κ2) is 6.99. The molecule has 1 amide bonds. The van der Waals surface area contributed by atoms with Crippen molar-refractivity contribution in [2.24, 2.45) is 0 Å². The first-order valence-corrected chi connectivity index (χ1v) is 12.1.